The molecule has 16 heavy (non-hydrogen) atoms. The summed E-state index contributed by atoms with van der Waals surface area (Å²) in [5.41, 5.74) is 7.09. The van der Waals surface area contributed by atoms with Crippen LogP contribution in [0.1, 0.15) is 16.7 Å². The molecule has 1 aromatic carbocycles. The molecule has 0 bridgehead atoms. The molecule has 84 valence electrons. The third-order valence-corrected chi connectivity index (χ3v) is 3.27. The number of aromatic nitrogens is 1. The molecule has 0 fully saturated rings. The summed E-state index contributed by atoms with van der Waals surface area (Å²) in [5.74, 6) is 0. The number of aliphatic hydroxyl groups excluding tert-OH is 1. The molecule has 2 rings (SSSR count). The Kier molecular flexibility index (Phi) is 3.66. The van der Waals surface area contributed by atoms with E-state index in [-0.39, 0.29) is 6.04 Å². The second kappa shape index (κ2) is 5.21. The van der Waals surface area contributed by atoms with E-state index in [1.807, 2.05) is 35.7 Å². The molecular weight excluding hydrogens is 220 g/mol. The van der Waals surface area contributed by atoms with E-state index < -0.39 is 6.10 Å². The maximum absolute atomic E-state index is 9.96. The van der Waals surface area contributed by atoms with E-state index in [1.54, 1.807) is 6.20 Å². The predicted molar refractivity (Wildman–Crippen MR) is 65.2 cm³/mol. The van der Waals surface area contributed by atoms with Crippen LogP contribution in [0.3, 0.4) is 0 Å². The van der Waals surface area contributed by atoms with Crippen molar-refractivity contribution >= 4 is 11.3 Å². The van der Waals surface area contributed by atoms with E-state index in [9.17, 15) is 5.11 Å². The Hall–Kier alpha value is -1.23. The van der Waals surface area contributed by atoms with Crippen LogP contribution in [0, 0.1) is 0 Å². The fourth-order valence-corrected chi connectivity index (χ4v) is 2.26. The van der Waals surface area contributed by atoms with Crippen molar-refractivity contribution in [3.05, 3.63) is 52.5 Å². The highest BCUT2D eigenvalue weighted by Crippen LogP contribution is 2.20. The molecule has 0 spiro atoms. The highest BCUT2D eigenvalue weighted by molar-refractivity contribution is 7.09. The lowest BCUT2D eigenvalue weighted by Crippen LogP contribution is -2.30. The standard InChI is InChI=1S/C12H14N2OS/c13-10(8-9-4-2-1-3-5-9)11(15)12-14-6-7-16-12/h1-7,10-11,15H,8,13H2/t10-,11?/m0/s1. The van der Waals surface area contributed by atoms with Crippen LogP contribution in [0.5, 0.6) is 0 Å². The SMILES string of the molecule is N[C@@H](Cc1ccccc1)C(O)c1nccs1. The minimum absolute atomic E-state index is 0.312. The average Bonchev–Trinajstić information content (AvgIpc) is 2.83. The first-order valence-corrected chi connectivity index (χ1v) is 6.02. The molecule has 2 aromatic rings. The van der Waals surface area contributed by atoms with Gasteiger partial charge in [0.05, 0.1) is 0 Å². The molecule has 0 radical (unpaired) electrons. The Morgan fingerprint density at radius 1 is 1.31 bits per heavy atom. The van der Waals surface area contributed by atoms with E-state index in [0.29, 0.717) is 11.4 Å². The number of hydrogen-bond acceptors (Lipinski definition) is 4. The Bertz CT molecular complexity index is 416. The fourth-order valence-electron chi connectivity index (χ4n) is 1.56. The number of aliphatic hydroxyl groups is 1. The first-order valence-electron chi connectivity index (χ1n) is 5.14. The number of thiazole rings is 1. The van der Waals surface area contributed by atoms with Crippen LogP contribution in [-0.4, -0.2) is 16.1 Å². The minimum atomic E-state index is -0.680. The zero-order valence-corrected chi connectivity index (χ0v) is 9.60. The third-order valence-electron chi connectivity index (χ3n) is 2.42. The van der Waals surface area contributed by atoms with Crippen LogP contribution >= 0.6 is 11.3 Å². The van der Waals surface area contributed by atoms with Crippen molar-refractivity contribution in [3.8, 4) is 0 Å². The van der Waals surface area contributed by atoms with Gasteiger partial charge in [-0.3, -0.25) is 0 Å². The van der Waals surface area contributed by atoms with Crippen molar-refractivity contribution < 1.29 is 5.11 Å². The number of rotatable bonds is 4. The zero-order valence-electron chi connectivity index (χ0n) is 8.78. The van der Waals surface area contributed by atoms with Gasteiger partial charge in [-0.15, -0.1) is 11.3 Å². The third kappa shape index (κ3) is 2.66. The molecule has 0 aliphatic heterocycles. The lowest BCUT2D eigenvalue weighted by atomic mass is 10.0. The monoisotopic (exact) mass is 234 g/mol. The highest BCUT2D eigenvalue weighted by Gasteiger charge is 2.19. The Morgan fingerprint density at radius 2 is 2.06 bits per heavy atom. The zero-order chi connectivity index (χ0) is 11.4. The van der Waals surface area contributed by atoms with Crippen molar-refractivity contribution in [2.24, 2.45) is 5.73 Å². The first-order chi connectivity index (χ1) is 7.77. The van der Waals surface area contributed by atoms with Crippen LogP contribution < -0.4 is 5.73 Å². The number of hydrogen-bond donors (Lipinski definition) is 2. The predicted octanol–water partition coefficient (Wildman–Crippen LogP) is 1.75. The highest BCUT2D eigenvalue weighted by atomic mass is 32.1. The smallest absolute Gasteiger partial charge is 0.123 e. The molecule has 0 aliphatic carbocycles. The molecule has 3 N–H and O–H groups in total. The summed E-state index contributed by atoms with van der Waals surface area (Å²) in [6.45, 7) is 0. The van der Waals surface area contributed by atoms with Gasteiger partial charge < -0.3 is 10.8 Å². The van der Waals surface area contributed by atoms with E-state index in [4.69, 9.17) is 5.73 Å². The summed E-state index contributed by atoms with van der Waals surface area (Å²) in [7, 11) is 0. The summed E-state index contributed by atoms with van der Waals surface area (Å²) in [6.07, 6.45) is 1.65. The summed E-state index contributed by atoms with van der Waals surface area (Å²) in [6, 6.07) is 9.61. The lowest BCUT2D eigenvalue weighted by molar-refractivity contribution is 0.145. The van der Waals surface area contributed by atoms with Crippen LogP contribution in [0.4, 0.5) is 0 Å². The summed E-state index contributed by atoms with van der Waals surface area (Å²) >= 11 is 1.43. The van der Waals surface area contributed by atoms with Crippen molar-refractivity contribution in [3.63, 3.8) is 0 Å². The van der Waals surface area contributed by atoms with Gasteiger partial charge in [0.15, 0.2) is 0 Å². The van der Waals surface area contributed by atoms with Gasteiger partial charge >= 0.3 is 0 Å². The quantitative estimate of drug-likeness (QED) is 0.847. The van der Waals surface area contributed by atoms with Crippen molar-refractivity contribution in [1.82, 2.24) is 4.98 Å². The van der Waals surface area contributed by atoms with E-state index >= 15 is 0 Å². The Balaban J connectivity index is 2.01. The van der Waals surface area contributed by atoms with Crippen molar-refractivity contribution in [2.45, 2.75) is 18.6 Å². The summed E-state index contributed by atoms with van der Waals surface area (Å²) in [5, 5.41) is 12.5. The van der Waals surface area contributed by atoms with Gasteiger partial charge in [0.1, 0.15) is 11.1 Å². The fraction of sp³-hybridized carbons (Fsp3) is 0.250. The Labute approximate surface area is 98.6 Å². The van der Waals surface area contributed by atoms with Gasteiger partial charge in [-0.1, -0.05) is 30.3 Å². The van der Waals surface area contributed by atoms with Gasteiger partial charge in [-0.05, 0) is 12.0 Å². The molecule has 1 heterocycles. The van der Waals surface area contributed by atoms with Gasteiger partial charge in [0.2, 0.25) is 0 Å². The van der Waals surface area contributed by atoms with Gasteiger partial charge in [-0.2, -0.15) is 0 Å². The summed E-state index contributed by atoms with van der Waals surface area (Å²) < 4.78 is 0. The minimum Gasteiger partial charge on any atom is -0.384 e. The van der Waals surface area contributed by atoms with Crippen molar-refractivity contribution in [1.29, 1.82) is 0 Å². The van der Waals surface area contributed by atoms with E-state index in [1.165, 1.54) is 11.3 Å². The van der Waals surface area contributed by atoms with Gasteiger partial charge in [-0.25, -0.2) is 4.98 Å². The first kappa shape index (κ1) is 11.3. The van der Waals surface area contributed by atoms with Crippen LogP contribution in [0.25, 0.3) is 0 Å². The molecule has 3 nitrogen and oxygen atoms in total. The molecule has 2 atom stereocenters. The molecule has 1 aromatic heterocycles. The van der Waals surface area contributed by atoms with E-state index in [0.717, 1.165) is 5.56 Å². The maximum atomic E-state index is 9.96. The second-order valence-electron chi connectivity index (χ2n) is 3.67. The topological polar surface area (TPSA) is 59.1 Å². The number of nitrogens with zero attached hydrogens (tertiary/aromatic N) is 1. The number of nitrogens with two attached hydrogens (primary N) is 1. The lowest BCUT2D eigenvalue weighted by Gasteiger charge is -2.16. The number of benzene rings is 1. The molecule has 0 aliphatic rings. The van der Waals surface area contributed by atoms with Crippen LogP contribution in [0.2, 0.25) is 0 Å². The van der Waals surface area contributed by atoms with E-state index in [2.05, 4.69) is 4.98 Å². The largest absolute Gasteiger partial charge is 0.384 e. The molecule has 1 unspecified atom stereocenters. The normalized spacial score (nSPS) is 14.6. The molecule has 0 saturated heterocycles. The molecular formula is C12H14N2OS. The van der Waals surface area contributed by atoms with Crippen molar-refractivity contribution in [2.75, 3.05) is 0 Å². The van der Waals surface area contributed by atoms with Gasteiger partial charge in [0.25, 0.3) is 0 Å². The Morgan fingerprint density at radius 3 is 2.69 bits per heavy atom. The maximum Gasteiger partial charge on any atom is 0.123 e. The molecule has 4 heteroatoms. The van der Waals surface area contributed by atoms with Crippen LogP contribution in [-0.2, 0) is 6.42 Å². The molecule has 0 saturated carbocycles. The summed E-state index contributed by atoms with van der Waals surface area (Å²) in [4.78, 5) is 4.07. The second-order valence-corrected chi connectivity index (χ2v) is 4.59. The molecule has 0 amide bonds. The average molecular weight is 234 g/mol. The van der Waals surface area contributed by atoms with Gasteiger partial charge in [0, 0.05) is 17.6 Å². The van der Waals surface area contributed by atoms with Crippen LogP contribution in [0.15, 0.2) is 41.9 Å².